The first-order valence-corrected chi connectivity index (χ1v) is 8.93. The number of rotatable bonds is 6. The number of aliphatic imine (C=N–C) groups is 1. The lowest BCUT2D eigenvalue weighted by molar-refractivity contribution is 0.414. The minimum Gasteiger partial charge on any atom is -0.497 e. The van der Waals surface area contributed by atoms with E-state index < -0.39 is 0 Å². The summed E-state index contributed by atoms with van der Waals surface area (Å²) in [4.78, 5) is 4.68. The Morgan fingerprint density at radius 2 is 2.27 bits per heavy atom. The van der Waals surface area contributed by atoms with E-state index in [4.69, 9.17) is 4.74 Å². The number of methoxy groups -OCH3 is 1. The fourth-order valence-corrected chi connectivity index (χ4v) is 3.77. The third-order valence-corrected chi connectivity index (χ3v) is 5.37. The largest absolute Gasteiger partial charge is 0.497 e. The van der Waals surface area contributed by atoms with Crippen LogP contribution in [0, 0.1) is 0 Å². The molecule has 0 amide bonds. The zero-order valence-corrected chi connectivity index (χ0v) is 14.6. The molecule has 0 saturated carbocycles. The van der Waals surface area contributed by atoms with Gasteiger partial charge in [0.1, 0.15) is 5.75 Å². The van der Waals surface area contributed by atoms with Gasteiger partial charge in [0, 0.05) is 17.8 Å². The quantitative estimate of drug-likeness (QED) is 0.624. The number of guanidine groups is 1. The van der Waals surface area contributed by atoms with Gasteiger partial charge in [-0.25, -0.2) is 4.99 Å². The summed E-state index contributed by atoms with van der Waals surface area (Å²) in [5, 5.41) is 6.81. The Bertz CT molecular complexity index is 498. The summed E-state index contributed by atoms with van der Waals surface area (Å²) in [7, 11) is 1.69. The fraction of sp³-hybridized carbons (Fsp3) is 0.588. The Hall–Kier alpha value is -1.36. The molecule has 4 nitrogen and oxygen atoms in total. The summed E-state index contributed by atoms with van der Waals surface area (Å²) in [6.45, 7) is 6.91. The molecule has 1 atom stereocenters. The molecular weight excluding hydrogens is 294 g/mol. The van der Waals surface area contributed by atoms with E-state index >= 15 is 0 Å². The SMILES string of the molecule is CCNC(=NCc1cccc(OC)c1)NCC1(C)CCCS1. The first-order valence-electron chi connectivity index (χ1n) is 7.94. The average molecular weight is 321 g/mol. The predicted molar refractivity (Wildman–Crippen MR) is 95.9 cm³/mol. The van der Waals surface area contributed by atoms with E-state index in [1.165, 1.54) is 18.6 Å². The molecule has 1 heterocycles. The van der Waals surface area contributed by atoms with Crippen molar-refractivity contribution in [2.75, 3.05) is 26.0 Å². The van der Waals surface area contributed by atoms with Crippen LogP contribution in [0.25, 0.3) is 0 Å². The van der Waals surface area contributed by atoms with E-state index in [9.17, 15) is 0 Å². The summed E-state index contributed by atoms with van der Waals surface area (Å²) in [5.74, 6) is 3.04. The van der Waals surface area contributed by atoms with Gasteiger partial charge in [-0.3, -0.25) is 0 Å². The molecule has 0 bridgehead atoms. The number of nitrogens with zero attached hydrogens (tertiary/aromatic N) is 1. The minimum absolute atomic E-state index is 0.339. The average Bonchev–Trinajstić information content (AvgIpc) is 2.97. The standard InChI is InChI=1S/C17H27N3OS/c1-4-18-16(20-13-17(2)9-6-10-22-17)19-12-14-7-5-8-15(11-14)21-3/h5,7-8,11H,4,6,9-10,12-13H2,1-3H3,(H2,18,19,20). The molecule has 22 heavy (non-hydrogen) atoms. The lowest BCUT2D eigenvalue weighted by atomic mass is 10.1. The van der Waals surface area contributed by atoms with Gasteiger partial charge < -0.3 is 15.4 Å². The zero-order chi connectivity index (χ0) is 15.8. The molecule has 1 aliphatic rings. The maximum Gasteiger partial charge on any atom is 0.191 e. The summed E-state index contributed by atoms with van der Waals surface area (Å²) in [6.07, 6.45) is 2.60. The van der Waals surface area contributed by atoms with Crippen LogP contribution in [0.5, 0.6) is 5.75 Å². The van der Waals surface area contributed by atoms with Gasteiger partial charge in [0.25, 0.3) is 0 Å². The molecule has 1 fully saturated rings. The van der Waals surface area contributed by atoms with Gasteiger partial charge in [0.2, 0.25) is 0 Å². The van der Waals surface area contributed by atoms with Crippen molar-refractivity contribution >= 4 is 17.7 Å². The van der Waals surface area contributed by atoms with E-state index in [2.05, 4.69) is 47.3 Å². The van der Waals surface area contributed by atoms with Crippen LogP contribution in [0.4, 0.5) is 0 Å². The van der Waals surface area contributed by atoms with Gasteiger partial charge in [0.05, 0.1) is 13.7 Å². The van der Waals surface area contributed by atoms with Crippen molar-refractivity contribution in [2.45, 2.75) is 38.0 Å². The summed E-state index contributed by atoms with van der Waals surface area (Å²) < 4.78 is 5.59. The molecule has 1 saturated heterocycles. The first kappa shape index (κ1) is 17.0. The topological polar surface area (TPSA) is 45.7 Å². The second kappa shape index (κ2) is 8.32. The highest BCUT2D eigenvalue weighted by Crippen LogP contribution is 2.36. The Labute approximate surface area is 138 Å². The van der Waals surface area contributed by atoms with Crippen LogP contribution < -0.4 is 15.4 Å². The van der Waals surface area contributed by atoms with Gasteiger partial charge in [0.15, 0.2) is 5.96 Å². The molecule has 2 rings (SSSR count). The normalized spacial score (nSPS) is 21.7. The highest BCUT2D eigenvalue weighted by Gasteiger charge is 2.29. The second-order valence-corrected chi connectivity index (χ2v) is 7.48. The molecule has 5 heteroatoms. The van der Waals surface area contributed by atoms with Gasteiger partial charge >= 0.3 is 0 Å². The van der Waals surface area contributed by atoms with Crippen LogP contribution in [-0.2, 0) is 6.54 Å². The molecule has 2 N–H and O–H groups in total. The van der Waals surface area contributed by atoms with Crippen molar-refractivity contribution in [3.8, 4) is 5.75 Å². The minimum atomic E-state index is 0.339. The van der Waals surface area contributed by atoms with Crippen LogP contribution in [0.1, 0.15) is 32.3 Å². The van der Waals surface area contributed by atoms with Crippen molar-refractivity contribution in [1.82, 2.24) is 10.6 Å². The number of hydrogen-bond acceptors (Lipinski definition) is 3. The zero-order valence-electron chi connectivity index (χ0n) is 13.8. The van der Waals surface area contributed by atoms with Crippen molar-refractivity contribution in [3.63, 3.8) is 0 Å². The molecule has 1 aromatic carbocycles. The van der Waals surface area contributed by atoms with Crippen molar-refractivity contribution in [1.29, 1.82) is 0 Å². The predicted octanol–water partition coefficient (Wildman–Crippen LogP) is 3.04. The van der Waals surface area contributed by atoms with Crippen LogP contribution in [0.15, 0.2) is 29.3 Å². The van der Waals surface area contributed by atoms with Crippen LogP contribution in [0.3, 0.4) is 0 Å². The molecule has 0 spiro atoms. The summed E-state index contributed by atoms with van der Waals surface area (Å²) in [6, 6.07) is 8.06. The van der Waals surface area contributed by atoms with E-state index in [1.54, 1.807) is 7.11 Å². The molecule has 0 radical (unpaired) electrons. The van der Waals surface area contributed by atoms with Gasteiger partial charge in [-0.1, -0.05) is 12.1 Å². The number of ether oxygens (including phenoxy) is 1. The van der Waals surface area contributed by atoms with Crippen LogP contribution >= 0.6 is 11.8 Å². The molecule has 1 aliphatic heterocycles. The Kier molecular flexibility index (Phi) is 6.43. The summed E-state index contributed by atoms with van der Waals surface area (Å²) in [5.41, 5.74) is 1.15. The third kappa shape index (κ3) is 5.13. The van der Waals surface area contributed by atoms with E-state index in [0.29, 0.717) is 11.3 Å². The van der Waals surface area contributed by atoms with E-state index in [0.717, 1.165) is 30.4 Å². The number of hydrogen-bond donors (Lipinski definition) is 2. The highest BCUT2D eigenvalue weighted by atomic mass is 32.2. The lowest BCUT2D eigenvalue weighted by Gasteiger charge is -2.24. The Morgan fingerprint density at radius 1 is 1.41 bits per heavy atom. The molecule has 1 aromatic rings. The van der Waals surface area contributed by atoms with Crippen molar-refractivity contribution < 1.29 is 4.74 Å². The van der Waals surface area contributed by atoms with Crippen LogP contribution in [-0.4, -0.2) is 36.7 Å². The molecule has 122 valence electrons. The van der Waals surface area contributed by atoms with Crippen molar-refractivity contribution in [3.05, 3.63) is 29.8 Å². The molecular formula is C17H27N3OS. The number of benzene rings is 1. The number of thioether (sulfide) groups is 1. The first-order chi connectivity index (χ1) is 10.6. The van der Waals surface area contributed by atoms with Gasteiger partial charge in [-0.05, 0) is 50.1 Å². The Balaban J connectivity index is 1.93. The molecule has 1 unspecified atom stereocenters. The van der Waals surface area contributed by atoms with Crippen LogP contribution in [0.2, 0.25) is 0 Å². The lowest BCUT2D eigenvalue weighted by Crippen LogP contribution is -2.43. The number of nitrogens with one attached hydrogen (secondary N) is 2. The second-order valence-electron chi connectivity index (χ2n) is 5.80. The van der Waals surface area contributed by atoms with E-state index in [1.807, 2.05) is 18.2 Å². The molecule has 0 aliphatic carbocycles. The smallest absolute Gasteiger partial charge is 0.191 e. The van der Waals surface area contributed by atoms with Gasteiger partial charge in [-0.2, -0.15) is 11.8 Å². The van der Waals surface area contributed by atoms with E-state index in [-0.39, 0.29) is 0 Å². The van der Waals surface area contributed by atoms with Crippen molar-refractivity contribution in [2.24, 2.45) is 4.99 Å². The monoisotopic (exact) mass is 321 g/mol. The maximum atomic E-state index is 5.25. The molecule has 0 aromatic heterocycles. The fourth-order valence-electron chi connectivity index (χ4n) is 2.53. The third-order valence-electron chi connectivity index (χ3n) is 3.83. The summed E-state index contributed by atoms with van der Waals surface area (Å²) >= 11 is 2.06. The highest BCUT2D eigenvalue weighted by molar-refractivity contribution is 8.00. The van der Waals surface area contributed by atoms with Gasteiger partial charge in [-0.15, -0.1) is 0 Å². The Morgan fingerprint density at radius 3 is 2.95 bits per heavy atom. The maximum absolute atomic E-state index is 5.25.